The van der Waals surface area contributed by atoms with Crippen LogP contribution in [0.4, 0.5) is 0 Å². The highest BCUT2D eigenvalue weighted by atomic mass is 15.2. The second-order valence-electron chi connectivity index (χ2n) is 14.5. The molecule has 0 fully saturated rings. The van der Waals surface area contributed by atoms with Crippen molar-refractivity contribution in [3.8, 4) is 72.7 Å². The van der Waals surface area contributed by atoms with Crippen LogP contribution in [0.25, 0.3) is 101 Å². The molecule has 3 aromatic heterocycles. The summed E-state index contributed by atoms with van der Waals surface area (Å²) in [5.41, 5.74) is 17.5. The molecule has 4 nitrogen and oxygen atoms in total. The van der Waals surface area contributed by atoms with E-state index in [1.54, 1.807) is 0 Å². The minimum absolute atomic E-state index is 0.798. The summed E-state index contributed by atoms with van der Waals surface area (Å²) in [6.07, 6.45) is 0. The predicted octanol–water partition coefficient (Wildman–Crippen LogP) is 13.8. The highest BCUT2D eigenvalue weighted by Gasteiger charge is 2.30. The van der Waals surface area contributed by atoms with E-state index in [2.05, 4.69) is 221 Å². The number of imidazole rings is 2. The molecule has 272 valence electrons. The van der Waals surface area contributed by atoms with Gasteiger partial charge in [-0.15, -0.1) is 0 Å². The van der Waals surface area contributed by atoms with E-state index in [4.69, 9.17) is 9.97 Å². The normalized spacial score (nSPS) is 11.4. The number of aromatic nitrogens is 4. The Morgan fingerprint density at radius 3 is 1.12 bits per heavy atom. The van der Waals surface area contributed by atoms with Crippen molar-refractivity contribution in [2.45, 2.75) is 0 Å². The van der Waals surface area contributed by atoms with Gasteiger partial charge in [0.1, 0.15) is 5.82 Å². The second-order valence-corrected chi connectivity index (χ2v) is 14.5. The average Bonchev–Trinajstić information content (AvgIpc) is 3.84. The lowest BCUT2D eigenvalue weighted by Crippen LogP contribution is -2.04. The Kier molecular flexibility index (Phi) is 8.11. The molecular formula is C54H36N4. The van der Waals surface area contributed by atoms with Gasteiger partial charge in [0.15, 0.2) is 0 Å². The Labute approximate surface area is 336 Å². The molecule has 0 unspecified atom stereocenters. The number of pyridine rings is 1. The van der Waals surface area contributed by atoms with Crippen LogP contribution < -0.4 is 0 Å². The van der Waals surface area contributed by atoms with Crippen molar-refractivity contribution >= 4 is 27.8 Å². The molecule has 58 heavy (non-hydrogen) atoms. The fourth-order valence-electron chi connectivity index (χ4n) is 8.74. The van der Waals surface area contributed by atoms with Crippen molar-refractivity contribution in [2.24, 2.45) is 0 Å². The smallest absolute Gasteiger partial charge is 0.221 e. The summed E-state index contributed by atoms with van der Waals surface area (Å²) in [5, 5.41) is 0. The zero-order valence-corrected chi connectivity index (χ0v) is 31.6. The monoisotopic (exact) mass is 740 g/mol. The van der Waals surface area contributed by atoms with Crippen molar-refractivity contribution in [2.75, 3.05) is 0 Å². The molecule has 0 aliphatic carbocycles. The molecular weight excluding hydrogens is 705 g/mol. The number of fused-ring (bicyclic) bond motifs is 5. The summed E-state index contributed by atoms with van der Waals surface area (Å²) in [6.45, 7) is 0. The first kappa shape index (κ1) is 33.5. The molecule has 0 saturated carbocycles. The zero-order chi connectivity index (χ0) is 38.4. The first-order valence-corrected chi connectivity index (χ1v) is 19.7. The van der Waals surface area contributed by atoms with Crippen molar-refractivity contribution in [3.05, 3.63) is 218 Å². The van der Waals surface area contributed by atoms with Gasteiger partial charge < -0.3 is 0 Å². The molecule has 0 aliphatic rings. The van der Waals surface area contributed by atoms with Gasteiger partial charge in [-0.05, 0) is 80.9 Å². The summed E-state index contributed by atoms with van der Waals surface area (Å²) < 4.78 is 4.46. The first-order chi connectivity index (χ1) is 28.8. The van der Waals surface area contributed by atoms with Gasteiger partial charge in [0, 0.05) is 16.7 Å². The Morgan fingerprint density at radius 1 is 0.276 bits per heavy atom. The number of para-hydroxylation sites is 4. The van der Waals surface area contributed by atoms with Gasteiger partial charge in [0.25, 0.3) is 0 Å². The van der Waals surface area contributed by atoms with Crippen LogP contribution >= 0.6 is 0 Å². The third-order valence-corrected chi connectivity index (χ3v) is 11.1. The highest BCUT2D eigenvalue weighted by Crippen LogP contribution is 2.55. The molecule has 0 spiro atoms. The highest BCUT2D eigenvalue weighted by molar-refractivity contribution is 6.14. The predicted molar refractivity (Wildman–Crippen MR) is 240 cm³/mol. The van der Waals surface area contributed by atoms with Gasteiger partial charge >= 0.3 is 0 Å². The van der Waals surface area contributed by atoms with Gasteiger partial charge in [0.2, 0.25) is 5.78 Å². The number of rotatable bonds is 7. The molecule has 0 N–H and O–H groups in total. The molecule has 8 aromatic carbocycles. The van der Waals surface area contributed by atoms with Crippen molar-refractivity contribution < 1.29 is 0 Å². The lowest BCUT2D eigenvalue weighted by Gasteiger charge is -2.28. The minimum atomic E-state index is 0.798. The molecule has 0 aliphatic heterocycles. The Balaban J connectivity index is 1.34. The van der Waals surface area contributed by atoms with Gasteiger partial charge in [-0.3, -0.25) is 8.97 Å². The fraction of sp³-hybridized carbons (Fsp3) is 0. The van der Waals surface area contributed by atoms with Crippen molar-refractivity contribution in [3.63, 3.8) is 0 Å². The van der Waals surface area contributed by atoms with Crippen LogP contribution in [0.3, 0.4) is 0 Å². The minimum Gasteiger partial charge on any atom is -0.276 e. The number of nitrogens with zero attached hydrogens (tertiary/aromatic N) is 4. The zero-order valence-electron chi connectivity index (χ0n) is 31.6. The summed E-state index contributed by atoms with van der Waals surface area (Å²) >= 11 is 0. The van der Waals surface area contributed by atoms with Gasteiger partial charge in [-0.2, -0.15) is 0 Å². The summed E-state index contributed by atoms with van der Waals surface area (Å²) in [5.74, 6) is 1.62. The van der Waals surface area contributed by atoms with E-state index < -0.39 is 0 Å². The average molecular weight is 741 g/mol. The van der Waals surface area contributed by atoms with E-state index in [0.29, 0.717) is 0 Å². The first-order valence-electron chi connectivity index (χ1n) is 19.7. The number of hydrogen-bond acceptors (Lipinski definition) is 2. The van der Waals surface area contributed by atoms with Crippen LogP contribution in [0.2, 0.25) is 0 Å². The topological polar surface area (TPSA) is 35.1 Å². The van der Waals surface area contributed by atoms with Crippen LogP contribution in [0.5, 0.6) is 0 Å². The van der Waals surface area contributed by atoms with E-state index in [0.717, 1.165) is 95.0 Å². The maximum absolute atomic E-state index is 5.71. The van der Waals surface area contributed by atoms with E-state index in [1.807, 2.05) is 6.07 Å². The third-order valence-electron chi connectivity index (χ3n) is 11.1. The second kappa shape index (κ2) is 14.0. The van der Waals surface area contributed by atoms with E-state index >= 15 is 0 Å². The van der Waals surface area contributed by atoms with E-state index in [9.17, 15) is 0 Å². The molecule has 4 heteroatoms. The third kappa shape index (κ3) is 5.46. The van der Waals surface area contributed by atoms with Gasteiger partial charge in [-0.1, -0.05) is 182 Å². The van der Waals surface area contributed by atoms with Crippen molar-refractivity contribution in [1.29, 1.82) is 0 Å². The van der Waals surface area contributed by atoms with Gasteiger partial charge in [-0.25, -0.2) is 9.97 Å². The summed E-state index contributed by atoms with van der Waals surface area (Å²) in [7, 11) is 0. The maximum atomic E-state index is 5.71. The molecule has 11 aromatic rings. The Hall–Kier alpha value is -7.82. The number of hydrogen-bond donors (Lipinski definition) is 0. The fourth-order valence-corrected chi connectivity index (χ4v) is 8.74. The van der Waals surface area contributed by atoms with Crippen molar-refractivity contribution in [1.82, 2.24) is 18.9 Å². The molecule has 0 bridgehead atoms. The van der Waals surface area contributed by atoms with Crippen LogP contribution in [0.1, 0.15) is 0 Å². The van der Waals surface area contributed by atoms with E-state index in [1.165, 1.54) is 5.56 Å². The standard InChI is InChI=1S/C54H36N4/c1-6-21-37(22-7-1)48-49(38-23-8-2-9-24-38)51(40-27-12-4-13-28-40)53(52(41-29-14-5-15-30-41)50(48)39-25-10-3-11-26-39)43-32-20-36-47(55-43)58-46-35-19-18-34-45(46)57-44-33-17-16-31-42(44)56-54(57)58/h1-36H. The number of benzene rings is 8. The Morgan fingerprint density at radius 2 is 0.655 bits per heavy atom. The quantitative estimate of drug-likeness (QED) is 0.163. The molecule has 0 radical (unpaired) electrons. The summed E-state index contributed by atoms with van der Waals surface area (Å²) in [6, 6.07) is 77.5. The molecule has 0 atom stereocenters. The molecule has 11 rings (SSSR count). The molecule has 3 heterocycles. The SMILES string of the molecule is c1ccc(-c2c(-c3ccccc3)c(-c3ccccc3)c(-c3cccc(-n4c5ccccc5n5c6ccccc6nc45)n3)c(-c3ccccc3)c2-c2ccccc2)cc1. The maximum Gasteiger partial charge on any atom is 0.221 e. The van der Waals surface area contributed by atoms with E-state index in [-0.39, 0.29) is 0 Å². The van der Waals surface area contributed by atoms with Crippen LogP contribution in [-0.4, -0.2) is 18.9 Å². The molecule has 0 saturated heterocycles. The largest absolute Gasteiger partial charge is 0.276 e. The lowest BCUT2D eigenvalue weighted by molar-refractivity contribution is 1.04. The van der Waals surface area contributed by atoms with Crippen LogP contribution in [-0.2, 0) is 0 Å². The van der Waals surface area contributed by atoms with Crippen LogP contribution in [0.15, 0.2) is 218 Å². The molecule has 0 amide bonds. The van der Waals surface area contributed by atoms with Crippen LogP contribution in [0, 0.1) is 0 Å². The lowest BCUT2D eigenvalue weighted by atomic mass is 9.75. The van der Waals surface area contributed by atoms with Gasteiger partial charge in [0.05, 0.1) is 27.8 Å². The summed E-state index contributed by atoms with van der Waals surface area (Å²) in [4.78, 5) is 10.9. The Bertz CT molecular complexity index is 3140.